The third-order valence-electron chi connectivity index (χ3n) is 2.49. The van der Waals surface area contributed by atoms with Crippen LogP contribution in [0.3, 0.4) is 0 Å². The smallest absolute Gasteiger partial charge is 0.203 e. The van der Waals surface area contributed by atoms with Gasteiger partial charge in [-0.1, -0.05) is 28.9 Å². The van der Waals surface area contributed by atoms with Crippen molar-refractivity contribution in [2.75, 3.05) is 0 Å². The molecule has 0 atom stereocenters. The summed E-state index contributed by atoms with van der Waals surface area (Å²) in [5.74, 6) is -0.391. The molecule has 0 saturated carbocycles. The number of aromatic nitrogens is 4. The molecule has 80 valence electrons. The lowest BCUT2D eigenvalue weighted by molar-refractivity contribution is 0.639. The lowest BCUT2D eigenvalue weighted by Crippen LogP contribution is -1.92. The van der Waals surface area contributed by atoms with Gasteiger partial charge in [-0.15, -0.1) is 5.10 Å². The minimum Gasteiger partial charge on any atom is -0.245 e. The molecule has 2 heterocycles. The highest BCUT2D eigenvalue weighted by molar-refractivity contribution is 6.35. The first-order valence-corrected chi connectivity index (χ1v) is 4.99. The number of fused-ring (bicyclic) bond motifs is 3. The second kappa shape index (κ2) is 3.12. The van der Waals surface area contributed by atoms with Crippen molar-refractivity contribution in [1.82, 2.24) is 20.0 Å². The molecule has 3 rings (SSSR count). The Morgan fingerprint density at radius 3 is 3.00 bits per heavy atom. The summed E-state index contributed by atoms with van der Waals surface area (Å²) in [4.78, 5) is 4.02. The number of benzene rings is 1. The van der Waals surface area contributed by atoms with Gasteiger partial charge in [-0.3, -0.25) is 0 Å². The molecule has 0 bridgehead atoms. The van der Waals surface area contributed by atoms with Gasteiger partial charge in [0.15, 0.2) is 0 Å². The van der Waals surface area contributed by atoms with Crippen molar-refractivity contribution in [2.24, 2.45) is 7.05 Å². The Balaban J connectivity index is 2.68. The van der Waals surface area contributed by atoms with Crippen LogP contribution in [-0.2, 0) is 7.05 Å². The number of pyridine rings is 1. The fourth-order valence-electron chi connectivity index (χ4n) is 1.80. The summed E-state index contributed by atoms with van der Waals surface area (Å²) in [6.07, 6.45) is 0. The van der Waals surface area contributed by atoms with E-state index in [0.29, 0.717) is 21.9 Å². The van der Waals surface area contributed by atoms with Crippen LogP contribution in [0.5, 0.6) is 0 Å². The van der Waals surface area contributed by atoms with Gasteiger partial charge in [0, 0.05) is 12.4 Å². The SMILES string of the molecule is Cn1nnc2nc(Cl)c3c(F)cccc3c21. The topological polar surface area (TPSA) is 43.6 Å². The Kier molecular flexibility index (Phi) is 1.85. The summed E-state index contributed by atoms with van der Waals surface area (Å²) in [7, 11) is 1.73. The summed E-state index contributed by atoms with van der Waals surface area (Å²) in [5.41, 5.74) is 1.10. The van der Waals surface area contributed by atoms with E-state index in [1.807, 2.05) is 0 Å². The van der Waals surface area contributed by atoms with Gasteiger partial charge in [0.2, 0.25) is 5.65 Å². The molecule has 4 nitrogen and oxygen atoms in total. The third-order valence-corrected chi connectivity index (χ3v) is 2.76. The molecule has 2 aromatic heterocycles. The lowest BCUT2D eigenvalue weighted by Gasteiger charge is -2.02. The van der Waals surface area contributed by atoms with Crippen molar-refractivity contribution in [2.45, 2.75) is 0 Å². The average molecular weight is 237 g/mol. The highest BCUT2D eigenvalue weighted by Crippen LogP contribution is 2.29. The number of hydrogen-bond acceptors (Lipinski definition) is 3. The molecule has 0 spiro atoms. The Bertz CT molecular complexity index is 707. The Morgan fingerprint density at radius 1 is 1.38 bits per heavy atom. The second-order valence-corrected chi connectivity index (χ2v) is 3.81. The van der Waals surface area contributed by atoms with Gasteiger partial charge in [-0.25, -0.2) is 14.1 Å². The molecule has 0 aliphatic rings. The highest BCUT2D eigenvalue weighted by atomic mass is 35.5. The van der Waals surface area contributed by atoms with Gasteiger partial charge in [0.05, 0.1) is 5.39 Å². The van der Waals surface area contributed by atoms with Crippen LogP contribution in [0.2, 0.25) is 5.15 Å². The van der Waals surface area contributed by atoms with Gasteiger partial charge in [0.1, 0.15) is 16.5 Å². The van der Waals surface area contributed by atoms with Gasteiger partial charge >= 0.3 is 0 Å². The predicted molar refractivity (Wildman–Crippen MR) is 58.8 cm³/mol. The zero-order chi connectivity index (χ0) is 11.3. The van der Waals surface area contributed by atoms with Gasteiger partial charge in [-0.05, 0) is 6.07 Å². The summed E-state index contributed by atoms with van der Waals surface area (Å²) >= 11 is 5.92. The first-order chi connectivity index (χ1) is 7.68. The molecule has 3 aromatic rings. The fourth-order valence-corrected chi connectivity index (χ4v) is 2.07. The first kappa shape index (κ1) is 9.47. The Hall–Kier alpha value is -1.75. The van der Waals surface area contributed by atoms with Crippen molar-refractivity contribution in [3.05, 3.63) is 29.2 Å². The molecular weight excluding hydrogens is 231 g/mol. The molecule has 0 amide bonds. The van der Waals surface area contributed by atoms with Gasteiger partial charge < -0.3 is 0 Å². The molecule has 0 aliphatic heterocycles. The van der Waals surface area contributed by atoms with Crippen LogP contribution in [0.4, 0.5) is 4.39 Å². The molecule has 1 aromatic carbocycles. The molecule has 0 fully saturated rings. The Morgan fingerprint density at radius 2 is 2.19 bits per heavy atom. The summed E-state index contributed by atoms with van der Waals surface area (Å²) in [6, 6.07) is 4.75. The number of halogens is 2. The summed E-state index contributed by atoms with van der Waals surface area (Å²) in [5, 5.41) is 8.78. The van der Waals surface area contributed by atoms with Crippen molar-refractivity contribution in [3.63, 3.8) is 0 Å². The molecule has 0 N–H and O–H groups in total. The summed E-state index contributed by atoms with van der Waals surface area (Å²) < 4.78 is 15.2. The largest absolute Gasteiger partial charge is 0.245 e. The van der Waals surface area contributed by atoms with Crippen molar-refractivity contribution in [1.29, 1.82) is 0 Å². The highest BCUT2D eigenvalue weighted by Gasteiger charge is 2.14. The van der Waals surface area contributed by atoms with Crippen LogP contribution in [0, 0.1) is 5.82 Å². The van der Waals surface area contributed by atoms with Crippen LogP contribution in [-0.4, -0.2) is 20.0 Å². The molecule has 6 heteroatoms. The Labute approximate surface area is 94.6 Å². The maximum Gasteiger partial charge on any atom is 0.203 e. The van der Waals surface area contributed by atoms with E-state index in [1.165, 1.54) is 6.07 Å². The maximum absolute atomic E-state index is 13.6. The normalized spacial score (nSPS) is 11.4. The van der Waals surface area contributed by atoms with E-state index in [4.69, 9.17) is 11.6 Å². The average Bonchev–Trinajstić information content (AvgIpc) is 2.60. The quantitative estimate of drug-likeness (QED) is 0.563. The van der Waals surface area contributed by atoms with E-state index in [-0.39, 0.29) is 5.15 Å². The van der Waals surface area contributed by atoms with Crippen LogP contribution >= 0.6 is 11.6 Å². The van der Waals surface area contributed by atoms with Crippen LogP contribution in [0.25, 0.3) is 21.9 Å². The number of rotatable bonds is 0. The van der Waals surface area contributed by atoms with E-state index in [9.17, 15) is 4.39 Å². The first-order valence-electron chi connectivity index (χ1n) is 4.61. The lowest BCUT2D eigenvalue weighted by atomic mass is 10.1. The molecule has 0 radical (unpaired) electrons. The third kappa shape index (κ3) is 1.12. The molecule has 0 aliphatic carbocycles. The second-order valence-electron chi connectivity index (χ2n) is 3.45. The zero-order valence-corrected chi connectivity index (χ0v) is 9.03. The van der Waals surface area contributed by atoms with E-state index in [1.54, 1.807) is 23.9 Å². The molecule has 0 unspecified atom stereocenters. The minimum atomic E-state index is -0.391. The zero-order valence-electron chi connectivity index (χ0n) is 8.28. The van der Waals surface area contributed by atoms with Crippen LogP contribution in [0.15, 0.2) is 18.2 Å². The monoisotopic (exact) mass is 236 g/mol. The van der Waals surface area contributed by atoms with Crippen molar-refractivity contribution < 1.29 is 4.39 Å². The number of aryl methyl sites for hydroxylation is 1. The fraction of sp³-hybridized carbons (Fsp3) is 0.100. The predicted octanol–water partition coefficient (Wildman–Crippen LogP) is 2.31. The van der Waals surface area contributed by atoms with Crippen molar-refractivity contribution >= 4 is 33.5 Å². The summed E-state index contributed by atoms with van der Waals surface area (Å²) in [6.45, 7) is 0. The number of hydrogen-bond donors (Lipinski definition) is 0. The number of nitrogens with zero attached hydrogens (tertiary/aromatic N) is 4. The van der Waals surface area contributed by atoms with Crippen LogP contribution in [0.1, 0.15) is 0 Å². The van der Waals surface area contributed by atoms with E-state index < -0.39 is 5.82 Å². The minimum absolute atomic E-state index is 0.112. The van der Waals surface area contributed by atoms with E-state index in [2.05, 4.69) is 15.3 Å². The molecular formula is C10H6ClFN4. The van der Waals surface area contributed by atoms with Crippen LogP contribution < -0.4 is 0 Å². The van der Waals surface area contributed by atoms with Gasteiger partial charge in [-0.2, -0.15) is 0 Å². The van der Waals surface area contributed by atoms with Crippen molar-refractivity contribution in [3.8, 4) is 0 Å². The van der Waals surface area contributed by atoms with E-state index >= 15 is 0 Å². The van der Waals surface area contributed by atoms with Gasteiger partial charge in [0.25, 0.3) is 0 Å². The standard InChI is InChI=1S/C10H6ClFN4/c1-16-8-5-3-2-4-6(12)7(5)9(11)13-10(8)14-15-16/h2-4H,1H3. The molecule has 0 saturated heterocycles. The maximum atomic E-state index is 13.6. The molecule has 16 heavy (non-hydrogen) atoms. The van der Waals surface area contributed by atoms with E-state index in [0.717, 1.165) is 0 Å².